The molecule has 1 aliphatic rings. The molecule has 154 valence electrons. The third kappa shape index (κ3) is 7.26. The molecule has 28 heavy (non-hydrogen) atoms. The molecule has 0 spiro atoms. The first-order chi connectivity index (χ1) is 13.1. The molecule has 2 rings (SSSR count). The highest BCUT2D eigenvalue weighted by atomic mass is 16.7. The summed E-state index contributed by atoms with van der Waals surface area (Å²) in [4.78, 5) is 44.1. The molecule has 1 saturated heterocycles. The summed E-state index contributed by atoms with van der Waals surface area (Å²) in [6, 6.07) is 4.75. The van der Waals surface area contributed by atoms with Crippen LogP contribution in [0.3, 0.4) is 0 Å². The Hall–Kier alpha value is -3.10. The fourth-order valence-electron chi connectivity index (χ4n) is 2.21. The van der Waals surface area contributed by atoms with Gasteiger partial charge >= 0.3 is 17.9 Å². The summed E-state index contributed by atoms with van der Waals surface area (Å²) in [7, 11) is 3.00. The second kappa shape index (κ2) is 10.3. The number of carbonyl (C=O) groups excluding carboxylic acids is 4. The first-order valence-electron chi connectivity index (χ1n) is 8.46. The van der Waals surface area contributed by atoms with Crippen molar-refractivity contribution in [2.45, 2.75) is 39.4 Å². The summed E-state index contributed by atoms with van der Waals surface area (Å²) in [6.45, 7) is 4.99. The number of ketones is 1. The Morgan fingerprint density at radius 3 is 2.07 bits per heavy atom. The highest BCUT2D eigenvalue weighted by Gasteiger charge is 2.34. The van der Waals surface area contributed by atoms with Gasteiger partial charge in [-0.1, -0.05) is 0 Å². The first kappa shape index (κ1) is 22.9. The van der Waals surface area contributed by atoms with E-state index in [2.05, 4.69) is 9.47 Å². The standard InChI is InChI=1S/C13H16O5.C6H8O4/c1-4-18-13(15)8-10(14)9-5-6-11(16-2)12(7-9)17-3;1-6(2)9-4(7)3-5(8)10-6/h5-7H,4,8H2,1-3H3;3H2,1-2H3. The molecule has 0 saturated carbocycles. The van der Waals surface area contributed by atoms with Crippen molar-refractivity contribution in [3.8, 4) is 11.5 Å². The second-order valence-corrected chi connectivity index (χ2v) is 6.00. The van der Waals surface area contributed by atoms with Gasteiger partial charge < -0.3 is 23.7 Å². The van der Waals surface area contributed by atoms with Crippen LogP contribution in [0.15, 0.2) is 18.2 Å². The van der Waals surface area contributed by atoms with Gasteiger partial charge in [-0.3, -0.25) is 19.2 Å². The monoisotopic (exact) mass is 396 g/mol. The number of hydrogen-bond donors (Lipinski definition) is 0. The number of Topliss-reactive ketones (excluding diaryl/α,β-unsaturated/α-hetero) is 1. The van der Waals surface area contributed by atoms with Gasteiger partial charge in [0.2, 0.25) is 0 Å². The van der Waals surface area contributed by atoms with Crippen LogP contribution in [0, 0.1) is 0 Å². The van der Waals surface area contributed by atoms with Crippen LogP contribution in [0.1, 0.15) is 44.0 Å². The minimum absolute atomic E-state index is 0.262. The van der Waals surface area contributed by atoms with Gasteiger partial charge in [-0.05, 0) is 25.1 Å². The zero-order valence-corrected chi connectivity index (χ0v) is 16.5. The molecule has 1 aromatic rings. The SMILES string of the molecule is CC1(C)OC(=O)CC(=O)O1.CCOC(=O)CC(=O)c1ccc(OC)c(OC)c1. The lowest BCUT2D eigenvalue weighted by atomic mass is 10.1. The molecule has 0 bridgehead atoms. The van der Waals surface area contributed by atoms with Gasteiger partial charge in [0.15, 0.2) is 17.3 Å². The van der Waals surface area contributed by atoms with Crippen LogP contribution in [-0.2, 0) is 28.6 Å². The Morgan fingerprint density at radius 2 is 1.61 bits per heavy atom. The molecule has 0 aromatic heterocycles. The molecule has 0 unspecified atom stereocenters. The summed E-state index contributed by atoms with van der Waals surface area (Å²) in [5.41, 5.74) is 0.390. The molecule has 9 heteroatoms. The van der Waals surface area contributed by atoms with Crippen molar-refractivity contribution < 1.29 is 42.9 Å². The predicted octanol–water partition coefficient (Wildman–Crippen LogP) is 2.05. The van der Waals surface area contributed by atoms with Crippen LogP contribution in [0.2, 0.25) is 0 Å². The molecule has 1 aliphatic heterocycles. The predicted molar refractivity (Wildman–Crippen MR) is 96.0 cm³/mol. The van der Waals surface area contributed by atoms with Crippen LogP contribution in [-0.4, -0.2) is 50.3 Å². The van der Waals surface area contributed by atoms with E-state index < -0.39 is 23.7 Å². The van der Waals surface area contributed by atoms with Crippen molar-refractivity contribution in [3.63, 3.8) is 0 Å². The first-order valence-corrected chi connectivity index (χ1v) is 8.46. The number of methoxy groups -OCH3 is 2. The van der Waals surface area contributed by atoms with Crippen LogP contribution in [0.5, 0.6) is 11.5 Å². The summed E-state index contributed by atoms with van der Waals surface area (Å²) >= 11 is 0. The fraction of sp³-hybridized carbons (Fsp3) is 0.474. The Balaban J connectivity index is 0.000000330. The fourth-order valence-corrected chi connectivity index (χ4v) is 2.21. The molecule has 0 amide bonds. The van der Waals surface area contributed by atoms with Crippen LogP contribution in [0.25, 0.3) is 0 Å². The molecular formula is C19H24O9. The van der Waals surface area contributed by atoms with Gasteiger partial charge in [-0.2, -0.15) is 0 Å². The van der Waals surface area contributed by atoms with Gasteiger partial charge in [-0.25, -0.2) is 0 Å². The van der Waals surface area contributed by atoms with Crippen molar-refractivity contribution in [1.82, 2.24) is 0 Å². The molecule has 0 radical (unpaired) electrons. The maximum atomic E-state index is 11.8. The van der Waals surface area contributed by atoms with Crippen molar-refractivity contribution in [3.05, 3.63) is 23.8 Å². The van der Waals surface area contributed by atoms with Crippen molar-refractivity contribution in [1.29, 1.82) is 0 Å². The van der Waals surface area contributed by atoms with E-state index in [1.54, 1.807) is 25.1 Å². The lowest BCUT2D eigenvalue weighted by Gasteiger charge is -2.28. The topological polar surface area (TPSA) is 114 Å². The average Bonchev–Trinajstić information content (AvgIpc) is 2.59. The molecule has 0 aliphatic carbocycles. The maximum absolute atomic E-state index is 11.8. The minimum atomic E-state index is -1.08. The van der Waals surface area contributed by atoms with E-state index in [0.29, 0.717) is 17.1 Å². The summed E-state index contributed by atoms with van der Waals surface area (Å²) < 4.78 is 24.2. The molecule has 1 aromatic carbocycles. The third-order valence-electron chi connectivity index (χ3n) is 3.32. The van der Waals surface area contributed by atoms with E-state index in [1.807, 2.05) is 0 Å². The number of hydrogen-bond acceptors (Lipinski definition) is 9. The normalized spacial score (nSPS) is 14.6. The van der Waals surface area contributed by atoms with Crippen molar-refractivity contribution in [2.24, 2.45) is 0 Å². The Kier molecular flexibility index (Phi) is 8.43. The minimum Gasteiger partial charge on any atom is -0.493 e. The lowest BCUT2D eigenvalue weighted by Crippen LogP contribution is -2.39. The molecule has 0 N–H and O–H groups in total. The largest absolute Gasteiger partial charge is 0.493 e. The lowest BCUT2D eigenvalue weighted by molar-refractivity contribution is -0.231. The van der Waals surface area contributed by atoms with Gasteiger partial charge in [0.25, 0.3) is 5.79 Å². The Bertz CT molecular complexity index is 719. The van der Waals surface area contributed by atoms with E-state index in [-0.39, 0.29) is 25.2 Å². The summed E-state index contributed by atoms with van der Waals surface area (Å²) in [5.74, 6) is -1.99. The van der Waals surface area contributed by atoms with E-state index >= 15 is 0 Å². The summed E-state index contributed by atoms with van der Waals surface area (Å²) in [5, 5.41) is 0. The molecule has 1 fully saturated rings. The number of carbonyl (C=O) groups is 4. The van der Waals surface area contributed by atoms with E-state index in [0.717, 1.165) is 0 Å². The van der Waals surface area contributed by atoms with Gasteiger partial charge in [-0.15, -0.1) is 0 Å². The highest BCUT2D eigenvalue weighted by molar-refractivity contribution is 6.06. The van der Waals surface area contributed by atoms with Gasteiger partial charge in [0.1, 0.15) is 12.8 Å². The smallest absolute Gasteiger partial charge is 0.320 e. The van der Waals surface area contributed by atoms with E-state index in [4.69, 9.17) is 14.2 Å². The third-order valence-corrected chi connectivity index (χ3v) is 3.32. The van der Waals surface area contributed by atoms with Crippen LogP contribution < -0.4 is 9.47 Å². The van der Waals surface area contributed by atoms with Gasteiger partial charge in [0.05, 0.1) is 20.8 Å². The molecule has 9 nitrogen and oxygen atoms in total. The van der Waals surface area contributed by atoms with E-state index in [1.165, 1.54) is 28.1 Å². The summed E-state index contributed by atoms with van der Waals surface area (Å²) in [6.07, 6.45) is -0.549. The Morgan fingerprint density at radius 1 is 1.04 bits per heavy atom. The number of cyclic esters (lactones) is 2. The molecule has 1 heterocycles. The Labute approximate surface area is 162 Å². The van der Waals surface area contributed by atoms with Gasteiger partial charge in [0, 0.05) is 19.4 Å². The molecular weight excluding hydrogens is 372 g/mol. The zero-order valence-electron chi connectivity index (χ0n) is 16.5. The number of rotatable bonds is 6. The van der Waals surface area contributed by atoms with E-state index in [9.17, 15) is 19.2 Å². The van der Waals surface area contributed by atoms with Crippen molar-refractivity contribution >= 4 is 23.7 Å². The number of benzene rings is 1. The second-order valence-electron chi connectivity index (χ2n) is 6.00. The van der Waals surface area contributed by atoms with Crippen LogP contribution >= 0.6 is 0 Å². The highest BCUT2D eigenvalue weighted by Crippen LogP contribution is 2.28. The quantitative estimate of drug-likeness (QED) is 0.405. The number of ether oxygens (including phenoxy) is 5. The van der Waals surface area contributed by atoms with Crippen LogP contribution in [0.4, 0.5) is 0 Å². The number of esters is 3. The molecule has 0 atom stereocenters. The zero-order chi connectivity index (χ0) is 21.3. The average molecular weight is 396 g/mol. The maximum Gasteiger partial charge on any atom is 0.320 e. The van der Waals surface area contributed by atoms with Crippen molar-refractivity contribution in [2.75, 3.05) is 20.8 Å².